The number of benzene rings is 1. The fraction of sp³-hybridized carbons (Fsp3) is 0.462. The number of hydrogen-bond acceptors (Lipinski definition) is 3. The van der Waals surface area contributed by atoms with Crippen molar-refractivity contribution in [2.24, 2.45) is 0 Å². The molecular formula is C13H18N2OS. The Morgan fingerprint density at radius 1 is 1.53 bits per heavy atom. The molecule has 1 unspecified atom stereocenters. The van der Waals surface area contributed by atoms with Crippen molar-refractivity contribution in [3.8, 4) is 0 Å². The van der Waals surface area contributed by atoms with Crippen molar-refractivity contribution in [2.45, 2.75) is 19.1 Å². The molecule has 1 saturated heterocycles. The number of aryl methyl sites for hydroxylation is 1. The molecule has 1 fully saturated rings. The molecule has 3 nitrogen and oxygen atoms in total. The van der Waals surface area contributed by atoms with Gasteiger partial charge in [-0.25, -0.2) is 0 Å². The second-order valence-electron chi connectivity index (χ2n) is 4.51. The van der Waals surface area contributed by atoms with Gasteiger partial charge in [0.1, 0.15) is 0 Å². The lowest BCUT2D eigenvalue weighted by Crippen LogP contribution is -2.41. The van der Waals surface area contributed by atoms with Gasteiger partial charge in [0.25, 0.3) is 5.91 Å². The monoisotopic (exact) mass is 250 g/mol. The van der Waals surface area contributed by atoms with E-state index < -0.39 is 0 Å². The fourth-order valence-electron chi connectivity index (χ4n) is 2.04. The van der Waals surface area contributed by atoms with E-state index >= 15 is 0 Å². The lowest BCUT2D eigenvalue weighted by molar-refractivity contribution is 0.0762. The summed E-state index contributed by atoms with van der Waals surface area (Å²) < 4.78 is 0. The van der Waals surface area contributed by atoms with E-state index in [-0.39, 0.29) is 5.91 Å². The van der Waals surface area contributed by atoms with E-state index in [1.807, 2.05) is 35.7 Å². The predicted molar refractivity (Wildman–Crippen MR) is 73.4 cm³/mol. The summed E-state index contributed by atoms with van der Waals surface area (Å²) in [6, 6.07) is 5.52. The van der Waals surface area contributed by atoms with E-state index in [2.05, 4.69) is 6.92 Å². The summed E-state index contributed by atoms with van der Waals surface area (Å²) in [5, 5.41) is 0.522. The van der Waals surface area contributed by atoms with E-state index in [9.17, 15) is 4.79 Å². The van der Waals surface area contributed by atoms with Gasteiger partial charge in [0.15, 0.2) is 0 Å². The smallest absolute Gasteiger partial charge is 0.254 e. The first-order valence-corrected chi connectivity index (χ1v) is 6.90. The molecule has 2 N–H and O–H groups in total. The van der Waals surface area contributed by atoms with E-state index in [0.717, 1.165) is 30.0 Å². The van der Waals surface area contributed by atoms with Gasteiger partial charge < -0.3 is 10.6 Å². The Morgan fingerprint density at radius 2 is 2.29 bits per heavy atom. The molecule has 0 aromatic heterocycles. The number of anilines is 1. The molecule has 0 bridgehead atoms. The Balaban J connectivity index is 2.21. The van der Waals surface area contributed by atoms with Crippen LogP contribution in [0.25, 0.3) is 0 Å². The number of nitrogens with zero attached hydrogens (tertiary/aromatic N) is 1. The summed E-state index contributed by atoms with van der Waals surface area (Å²) in [5.41, 5.74) is 8.13. The van der Waals surface area contributed by atoms with Crippen LogP contribution in [0, 0.1) is 6.92 Å². The topological polar surface area (TPSA) is 46.3 Å². The van der Waals surface area contributed by atoms with Crippen LogP contribution in [-0.2, 0) is 0 Å². The van der Waals surface area contributed by atoms with E-state index in [4.69, 9.17) is 5.73 Å². The molecule has 1 atom stereocenters. The molecule has 92 valence electrons. The van der Waals surface area contributed by atoms with Crippen molar-refractivity contribution in [2.75, 3.05) is 24.6 Å². The fourth-order valence-corrected chi connectivity index (χ4v) is 3.06. The molecule has 2 rings (SSSR count). The van der Waals surface area contributed by atoms with Crippen molar-refractivity contribution < 1.29 is 4.79 Å². The molecule has 1 aromatic rings. The van der Waals surface area contributed by atoms with Gasteiger partial charge in [-0.3, -0.25) is 4.79 Å². The number of rotatable bonds is 1. The molecule has 1 aromatic carbocycles. The van der Waals surface area contributed by atoms with Crippen molar-refractivity contribution >= 4 is 23.4 Å². The zero-order valence-corrected chi connectivity index (χ0v) is 11.1. The Hall–Kier alpha value is -1.16. The SMILES string of the molecule is Cc1ccc(N)cc1C(=O)N1CCSC(C)C1. The number of thioether (sulfide) groups is 1. The Labute approximate surface area is 106 Å². The first kappa shape index (κ1) is 12.3. The van der Waals surface area contributed by atoms with Crippen LogP contribution in [0.15, 0.2) is 18.2 Å². The molecule has 1 heterocycles. The highest BCUT2D eigenvalue weighted by Crippen LogP contribution is 2.21. The third kappa shape index (κ3) is 2.75. The zero-order valence-electron chi connectivity index (χ0n) is 10.3. The maximum atomic E-state index is 12.4. The third-order valence-electron chi connectivity index (χ3n) is 3.02. The molecule has 0 aliphatic carbocycles. The van der Waals surface area contributed by atoms with Crippen molar-refractivity contribution in [3.63, 3.8) is 0 Å². The molecule has 1 aliphatic rings. The number of carbonyl (C=O) groups excluding carboxylic acids is 1. The van der Waals surface area contributed by atoms with Gasteiger partial charge in [0.05, 0.1) is 0 Å². The van der Waals surface area contributed by atoms with Gasteiger partial charge in [-0.15, -0.1) is 0 Å². The van der Waals surface area contributed by atoms with Gasteiger partial charge in [0.2, 0.25) is 0 Å². The molecule has 1 aliphatic heterocycles. The van der Waals surface area contributed by atoms with Crippen LogP contribution in [0.1, 0.15) is 22.8 Å². The van der Waals surface area contributed by atoms with Crippen LogP contribution in [0.3, 0.4) is 0 Å². The average Bonchev–Trinajstić information content (AvgIpc) is 2.31. The van der Waals surface area contributed by atoms with E-state index in [1.165, 1.54) is 0 Å². The Bertz CT molecular complexity index is 433. The number of hydrogen-bond donors (Lipinski definition) is 1. The molecule has 0 spiro atoms. The standard InChI is InChI=1S/C13H18N2OS/c1-9-3-4-11(14)7-12(9)13(16)15-5-6-17-10(2)8-15/h3-4,7,10H,5-6,8,14H2,1-2H3. The summed E-state index contributed by atoms with van der Waals surface area (Å²) >= 11 is 1.92. The van der Waals surface area contributed by atoms with Crippen LogP contribution in [0.5, 0.6) is 0 Å². The van der Waals surface area contributed by atoms with Crippen LogP contribution in [-0.4, -0.2) is 34.9 Å². The second kappa shape index (κ2) is 5.00. The maximum absolute atomic E-state index is 12.4. The number of carbonyl (C=O) groups is 1. The van der Waals surface area contributed by atoms with E-state index in [1.54, 1.807) is 6.07 Å². The predicted octanol–water partition coefficient (Wildman–Crippen LogP) is 2.15. The van der Waals surface area contributed by atoms with Crippen molar-refractivity contribution in [1.29, 1.82) is 0 Å². The van der Waals surface area contributed by atoms with Crippen LogP contribution < -0.4 is 5.73 Å². The van der Waals surface area contributed by atoms with Crippen LogP contribution in [0.4, 0.5) is 5.69 Å². The normalized spacial score (nSPS) is 20.4. The lowest BCUT2D eigenvalue weighted by atomic mass is 10.1. The molecule has 1 amide bonds. The number of nitrogens with two attached hydrogens (primary N) is 1. The summed E-state index contributed by atoms with van der Waals surface area (Å²) in [5.74, 6) is 1.14. The quantitative estimate of drug-likeness (QED) is 0.777. The third-order valence-corrected chi connectivity index (χ3v) is 4.16. The van der Waals surface area contributed by atoms with E-state index in [0.29, 0.717) is 10.9 Å². The minimum absolute atomic E-state index is 0.113. The highest BCUT2D eigenvalue weighted by molar-refractivity contribution is 7.99. The van der Waals surface area contributed by atoms with Crippen LogP contribution >= 0.6 is 11.8 Å². The summed E-state index contributed by atoms with van der Waals surface area (Å²) in [4.78, 5) is 14.3. The van der Waals surface area contributed by atoms with Gasteiger partial charge in [-0.2, -0.15) is 11.8 Å². The van der Waals surface area contributed by atoms with Crippen molar-refractivity contribution in [3.05, 3.63) is 29.3 Å². The average molecular weight is 250 g/mol. The molecule has 0 radical (unpaired) electrons. The molecule has 0 saturated carbocycles. The van der Waals surface area contributed by atoms with Gasteiger partial charge in [0, 0.05) is 35.3 Å². The Morgan fingerprint density at radius 3 is 3.00 bits per heavy atom. The minimum Gasteiger partial charge on any atom is -0.399 e. The highest BCUT2D eigenvalue weighted by Gasteiger charge is 2.23. The van der Waals surface area contributed by atoms with Gasteiger partial charge in [-0.05, 0) is 24.6 Å². The summed E-state index contributed by atoms with van der Waals surface area (Å²) in [6.45, 7) is 5.78. The van der Waals surface area contributed by atoms with Crippen LogP contribution in [0.2, 0.25) is 0 Å². The first-order chi connectivity index (χ1) is 8.08. The molecule has 17 heavy (non-hydrogen) atoms. The Kier molecular flexibility index (Phi) is 3.62. The van der Waals surface area contributed by atoms with Crippen molar-refractivity contribution in [1.82, 2.24) is 4.90 Å². The van der Waals surface area contributed by atoms with Gasteiger partial charge in [-0.1, -0.05) is 13.0 Å². The highest BCUT2D eigenvalue weighted by atomic mass is 32.2. The summed E-state index contributed by atoms with van der Waals surface area (Å²) in [6.07, 6.45) is 0. The minimum atomic E-state index is 0.113. The summed E-state index contributed by atoms with van der Waals surface area (Å²) in [7, 11) is 0. The molecule has 4 heteroatoms. The first-order valence-electron chi connectivity index (χ1n) is 5.85. The molecular weight excluding hydrogens is 232 g/mol. The number of amides is 1. The zero-order chi connectivity index (χ0) is 12.4. The largest absolute Gasteiger partial charge is 0.399 e. The maximum Gasteiger partial charge on any atom is 0.254 e. The van der Waals surface area contributed by atoms with Gasteiger partial charge >= 0.3 is 0 Å². The lowest BCUT2D eigenvalue weighted by Gasteiger charge is -2.31. The second-order valence-corrected chi connectivity index (χ2v) is 6.05. The number of nitrogen functional groups attached to an aromatic ring is 1.